The van der Waals surface area contributed by atoms with Crippen LogP contribution >= 0.6 is 0 Å². The van der Waals surface area contributed by atoms with E-state index in [-0.39, 0.29) is 10.8 Å². The number of hydrogen-bond donors (Lipinski definition) is 0. The molecule has 0 amide bonds. The molecule has 1 spiro atoms. The predicted octanol–water partition coefficient (Wildman–Crippen LogP) is 4.69. The van der Waals surface area contributed by atoms with Gasteiger partial charge in [-0.1, -0.05) is 41.5 Å². The van der Waals surface area contributed by atoms with E-state index in [1.54, 1.807) is 11.1 Å². The van der Waals surface area contributed by atoms with E-state index in [4.69, 9.17) is 4.42 Å². The summed E-state index contributed by atoms with van der Waals surface area (Å²) in [6.07, 6.45) is 5.15. The van der Waals surface area contributed by atoms with Gasteiger partial charge in [0.2, 0.25) is 0 Å². The number of nitrogens with zero attached hydrogens (tertiary/aromatic N) is 1. The molecule has 2 aliphatic rings. The zero-order valence-corrected chi connectivity index (χ0v) is 15.6. The van der Waals surface area contributed by atoms with Gasteiger partial charge in [0.1, 0.15) is 11.5 Å². The maximum atomic E-state index is 6.46. The number of fused-ring (bicyclic) bond motifs is 1. The third kappa shape index (κ3) is 2.64. The van der Waals surface area contributed by atoms with Crippen LogP contribution in [0.25, 0.3) is 0 Å². The molecule has 1 aromatic rings. The van der Waals surface area contributed by atoms with E-state index in [2.05, 4.69) is 53.5 Å². The lowest BCUT2D eigenvalue weighted by molar-refractivity contribution is 0.128. The molecule has 1 saturated heterocycles. The van der Waals surface area contributed by atoms with Crippen molar-refractivity contribution in [2.24, 2.45) is 5.41 Å². The van der Waals surface area contributed by atoms with Crippen LogP contribution in [0.2, 0.25) is 0 Å². The maximum Gasteiger partial charge on any atom is 0.113 e. The fraction of sp³-hybridized carbons (Fsp3) is 0.800. The second-order valence-electron chi connectivity index (χ2n) is 9.87. The first-order chi connectivity index (χ1) is 10.0. The van der Waals surface area contributed by atoms with Gasteiger partial charge in [0.25, 0.3) is 0 Å². The molecule has 1 aromatic heterocycles. The van der Waals surface area contributed by atoms with Crippen molar-refractivity contribution in [3.8, 4) is 0 Å². The van der Waals surface area contributed by atoms with Gasteiger partial charge in [-0.2, -0.15) is 0 Å². The molecule has 0 N–H and O–H groups in total. The molecule has 0 saturated carbocycles. The monoisotopic (exact) mass is 303 g/mol. The average Bonchev–Trinajstić information content (AvgIpc) is 2.86. The van der Waals surface area contributed by atoms with Crippen LogP contribution in [-0.4, -0.2) is 25.0 Å². The second-order valence-corrected chi connectivity index (χ2v) is 9.87. The molecule has 22 heavy (non-hydrogen) atoms. The summed E-state index contributed by atoms with van der Waals surface area (Å²) in [7, 11) is 2.26. The quantitative estimate of drug-likeness (QED) is 0.691. The van der Waals surface area contributed by atoms with E-state index < -0.39 is 0 Å². The predicted molar refractivity (Wildman–Crippen MR) is 92.7 cm³/mol. The minimum atomic E-state index is 0.102. The first-order valence-corrected chi connectivity index (χ1v) is 8.86. The van der Waals surface area contributed by atoms with E-state index in [1.807, 2.05) is 0 Å². The van der Waals surface area contributed by atoms with Gasteiger partial charge in [0, 0.05) is 10.8 Å². The van der Waals surface area contributed by atoms with Crippen LogP contribution < -0.4 is 0 Å². The number of furan rings is 1. The van der Waals surface area contributed by atoms with Crippen LogP contribution in [0.15, 0.2) is 4.42 Å². The molecule has 0 atom stereocenters. The Bertz CT molecular complexity index is 519. The van der Waals surface area contributed by atoms with Crippen molar-refractivity contribution in [2.75, 3.05) is 20.1 Å². The molecule has 1 aliphatic heterocycles. The summed E-state index contributed by atoms with van der Waals surface area (Å²) in [5.74, 6) is 2.51. The summed E-state index contributed by atoms with van der Waals surface area (Å²) in [6.45, 7) is 16.2. The van der Waals surface area contributed by atoms with Gasteiger partial charge in [-0.15, -0.1) is 0 Å². The van der Waals surface area contributed by atoms with Crippen LogP contribution in [0.5, 0.6) is 0 Å². The summed E-state index contributed by atoms with van der Waals surface area (Å²) < 4.78 is 6.46. The molecular formula is C20H33NO. The molecule has 2 heteroatoms. The highest BCUT2D eigenvalue weighted by Gasteiger charge is 2.46. The Kier molecular flexibility index (Phi) is 3.56. The molecule has 0 aromatic carbocycles. The van der Waals surface area contributed by atoms with Crippen LogP contribution in [-0.2, 0) is 23.7 Å². The summed E-state index contributed by atoms with van der Waals surface area (Å²) in [5, 5.41) is 0. The first kappa shape index (κ1) is 16.1. The van der Waals surface area contributed by atoms with E-state index in [9.17, 15) is 0 Å². The van der Waals surface area contributed by atoms with Crippen LogP contribution in [0.3, 0.4) is 0 Å². The van der Waals surface area contributed by atoms with Crippen molar-refractivity contribution in [1.82, 2.24) is 4.90 Å². The Morgan fingerprint density at radius 2 is 1.23 bits per heavy atom. The molecule has 0 bridgehead atoms. The van der Waals surface area contributed by atoms with Crippen LogP contribution in [0, 0.1) is 5.41 Å². The molecule has 3 rings (SSSR count). The minimum absolute atomic E-state index is 0.102. The van der Waals surface area contributed by atoms with E-state index in [1.165, 1.54) is 50.3 Å². The largest absolute Gasteiger partial charge is 0.464 e. The molecule has 1 fully saturated rings. The highest BCUT2D eigenvalue weighted by molar-refractivity contribution is 5.45. The van der Waals surface area contributed by atoms with Crippen molar-refractivity contribution >= 4 is 0 Å². The van der Waals surface area contributed by atoms with Gasteiger partial charge < -0.3 is 9.32 Å². The fourth-order valence-corrected chi connectivity index (χ4v) is 4.34. The third-order valence-electron chi connectivity index (χ3n) is 5.63. The second kappa shape index (κ2) is 4.87. The zero-order chi connectivity index (χ0) is 16.3. The zero-order valence-electron chi connectivity index (χ0n) is 15.6. The van der Waals surface area contributed by atoms with E-state index in [0.717, 1.165) is 0 Å². The summed E-state index contributed by atoms with van der Waals surface area (Å²) in [5.41, 5.74) is 3.83. The lowest BCUT2D eigenvalue weighted by atomic mass is 9.75. The minimum Gasteiger partial charge on any atom is -0.464 e. The van der Waals surface area contributed by atoms with E-state index >= 15 is 0 Å². The van der Waals surface area contributed by atoms with Crippen molar-refractivity contribution in [3.63, 3.8) is 0 Å². The maximum absolute atomic E-state index is 6.46. The van der Waals surface area contributed by atoms with Gasteiger partial charge in [0.15, 0.2) is 0 Å². The Morgan fingerprint density at radius 3 is 1.59 bits per heavy atom. The molecule has 0 radical (unpaired) electrons. The Labute approximate surface area is 136 Å². The number of likely N-dealkylation sites (tertiary alicyclic amines) is 1. The van der Waals surface area contributed by atoms with Gasteiger partial charge in [-0.25, -0.2) is 0 Å². The number of piperidine rings is 1. The molecular weight excluding hydrogens is 270 g/mol. The smallest absolute Gasteiger partial charge is 0.113 e. The summed E-state index contributed by atoms with van der Waals surface area (Å²) in [6, 6.07) is 0. The van der Waals surface area contributed by atoms with Gasteiger partial charge in [0.05, 0.1) is 0 Å². The van der Waals surface area contributed by atoms with Crippen molar-refractivity contribution in [3.05, 3.63) is 22.6 Å². The number of hydrogen-bond acceptors (Lipinski definition) is 2. The topological polar surface area (TPSA) is 16.4 Å². The van der Waals surface area contributed by atoms with Gasteiger partial charge in [-0.05, 0) is 62.4 Å². The Balaban J connectivity index is 2.02. The highest BCUT2D eigenvalue weighted by atomic mass is 16.3. The Morgan fingerprint density at radius 1 is 0.818 bits per heavy atom. The van der Waals surface area contributed by atoms with Crippen molar-refractivity contribution < 1.29 is 4.42 Å². The summed E-state index contributed by atoms with van der Waals surface area (Å²) in [4.78, 5) is 2.48. The normalized spacial score (nSPS) is 22.3. The highest BCUT2D eigenvalue weighted by Crippen LogP contribution is 2.51. The van der Waals surface area contributed by atoms with Crippen LogP contribution in [0.4, 0.5) is 0 Å². The lowest BCUT2D eigenvalue weighted by Crippen LogP contribution is -2.38. The Hall–Kier alpha value is -0.760. The third-order valence-corrected chi connectivity index (χ3v) is 5.63. The summed E-state index contributed by atoms with van der Waals surface area (Å²) >= 11 is 0. The average molecular weight is 303 g/mol. The number of rotatable bonds is 0. The van der Waals surface area contributed by atoms with Crippen LogP contribution in [0.1, 0.15) is 77.0 Å². The van der Waals surface area contributed by atoms with Crippen molar-refractivity contribution in [2.45, 2.75) is 78.1 Å². The van der Waals surface area contributed by atoms with E-state index in [0.29, 0.717) is 5.41 Å². The lowest BCUT2D eigenvalue weighted by Gasteiger charge is -2.38. The fourth-order valence-electron chi connectivity index (χ4n) is 4.34. The first-order valence-electron chi connectivity index (χ1n) is 8.86. The van der Waals surface area contributed by atoms with Gasteiger partial charge >= 0.3 is 0 Å². The molecule has 1 aliphatic carbocycles. The van der Waals surface area contributed by atoms with Gasteiger partial charge in [-0.3, -0.25) is 0 Å². The SMILES string of the molecule is CN1CCC2(CC1)Cc1c(C(C)(C)C)oc(C(C)(C)C)c1C2. The molecule has 124 valence electrons. The standard InChI is InChI=1S/C20H33NO/c1-18(2,3)16-14-12-20(8-10-21(7)11-9-20)13-15(14)17(22-16)19(4,5)6/h8-13H2,1-7H3. The van der Waals surface area contributed by atoms with Crippen molar-refractivity contribution in [1.29, 1.82) is 0 Å². The molecule has 0 unspecified atom stereocenters. The molecule has 2 nitrogen and oxygen atoms in total. The molecule has 2 heterocycles.